The Bertz CT molecular complexity index is 293. The second-order valence-corrected chi connectivity index (χ2v) is 2.68. The van der Waals surface area contributed by atoms with E-state index in [4.69, 9.17) is 23.2 Å². The predicted molar refractivity (Wildman–Crippen MR) is 47.5 cm³/mol. The average Bonchev–Trinajstić information content (AvgIpc) is 2.01. The van der Waals surface area contributed by atoms with Crippen molar-refractivity contribution in [1.82, 2.24) is 5.43 Å². The number of amides is 1. The van der Waals surface area contributed by atoms with Crippen molar-refractivity contribution in [3.05, 3.63) is 28.8 Å². The molecule has 0 aliphatic rings. The van der Waals surface area contributed by atoms with Crippen LogP contribution in [0.2, 0.25) is 5.02 Å². The fourth-order valence-electron chi connectivity index (χ4n) is 0.827. The van der Waals surface area contributed by atoms with E-state index in [2.05, 4.69) is 0 Å². The highest BCUT2D eigenvalue weighted by molar-refractivity contribution is 6.31. The molecule has 0 saturated carbocycles. The van der Waals surface area contributed by atoms with E-state index in [0.29, 0.717) is 16.3 Å². The van der Waals surface area contributed by atoms with Gasteiger partial charge < -0.3 is 5.73 Å². The van der Waals surface area contributed by atoms with Crippen LogP contribution in [-0.4, -0.2) is 5.91 Å². The standard InChI is InChI=1S/C7H8ClN3O/c8-5-1-4(7(12)11-10)2-6(9)3-5/h1-3H,9-10H2,(H,11,12). The van der Waals surface area contributed by atoms with Gasteiger partial charge in [0.05, 0.1) is 0 Å². The Labute approximate surface area is 74.5 Å². The number of anilines is 1. The van der Waals surface area contributed by atoms with Gasteiger partial charge in [0.2, 0.25) is 0 Å². The lowest BCUT2D eigenvalue weighted by atomic mass is 10.2. The van der Waals surface area contributed by atoms with Crippen LogP contribution in [-0.2, 0) is 0 Å². The number of benzene rings is 1. The lowest BCUT2D eigenvalue weighted by molar-refractivity contribution is 0.0953. The van der Waals surface area contributed by atoms with E-state index in [-0.39, 0.29) is 0 Å². The summed E-state index contributed by atoms with van der Waals surface area (Å²) in [5.41, 5.74) is 8.21. The molecule has 0 fully saturated rings. The van der Waals surface area contributed by atoms with Crippen LogP contribution < -0.4 is 17.0 Å². The summed E-state index contributed by atoms with van der Waals surface area (Å²) in [5.74, 6) is 4.51. The summed E-state index contributed by atoms with van der Waals surface area (Å²) in [4.78, 5) is 11.0. The molecule has 1 amide bonds. The summed E-state index contributed by atoms with van der Waals surface area (Å²) >= 11 is 5.65. The van der Waals surface area contributed by atoms with Crippen molar-refractivity contribution in [3.8, 4) is 0 Å². The van der Waals surface area contributed by atoms with Gasteiger partial charge in [-0.25, -0.2) is 5.84 Å². The molecule has 0 saturated heterocycles. The largest absolute Gasteiger partial charge is 0.399 e. The summed E-state index contributed by atoms with van der Waals surface area (Å²) in [5, 5.41) is 0.411. The number of hydrazine groups is 1. The third-order valence-corrected chi connectivity index (χ3v) is 1.53. The average molecular weight is 186 g/mol. The van der Waals surface area contributed by atoms with Gasteiger partial charge >= 0.3 is 0 Å². The van der Waals surface area contributed by atoms with E-state index in [1.165, 1.54) is 12.1 Å². The smallest absolute Gasteiger partial charge is 0.265 e. The number of nitrogens with two attached hydrogens (primary N) is 2. The third-order valence-electron chi connectivity index (χ3n) is 1.31. The van der Waals surface area contributed by atoms with Gasteiger partial charge in [-0.3, -0.25) is 10.2 Å². The molecule has 0 radical (unpaired) electrons. The molecule has 1 aromatic carbocycles. The molecule has 0 aliphatic heterocycles. The first-order valence-electron chi connectivity index (χ1n) is 3.20. The normalized spacial score (nSPS) is 9.50. The van der Waals surface area contributed by atoms with Crippen LogP contribution in [0, 0.1) is 0 Å². The molecule has 0 heterocycles. The zero-order valence-corrected chi connectivity index (χ0v) is 6.93. The van der Waals surface area contributed by atoms with E-state index in [0.717, 1.165) is 0 Å². The Balaban J connectivity index is 3.08. The van der Waals surface area contributed by atoms with Crippen molar-refractivity contribution in [3.63, 3.8) is 0 Å². The SMILES string of the molecule is NNC(=O)c1cc(N)cc(Cl)c1. The second-order valence-electron chi connectivity index (χ2n) is 2.25. The highest BCUT2D eigenvalue weighted by Gasteiger charge is 2.04. The first-order chi connectivity index (χ1) is 5.63. The van der Waals surface area contributed by atoms with E-state index in [9.17, 15) is 4.79 Å². The van der Waals surface area contributed by atoms with Gasteiger partial charge in [-0.2, -0.15) is 0 Å². The zero-order chi connectivity index (χ0) is 9.14. The Morgan fingerprint density at radius 3 is 2.58 bits per heavy atom. The molecule has 0 unspecified atom stereocenters. The predicted octanol–water partition coefficient (Wildman–Crippen LogP) is 0.526. The number of halogens is 1. The number of carbonyl (C=O) groups is 1. The molecule has 0 aromatic heterocycles. The number of rotatable bonds is 1. The zero-order valence-electron chi connectivity index (χ0n) is 6.17. The minimum absolute atomic E-state index is 0.350. The van der Waals surface area contributed by atoms with Gasteiger partial charge in [-0.05, 0) is 18.2 Å². The first-order valence-corrected chi connectivity index (χ1v) is 3.58. The molecule has 5 heteroatoms. The lowest BCUT2D eigenvalue weighted by Gasteiger charge is -2.01. The number of nitrogens with one attached hydrogen (secondary N) is 1. The number of nitrogen functional groups attached to an aromatic ring is 2. The highest BCUT2D eigenvalue weighted by atomic mass is 35.5. The number of hydrogen-bond donors (Lipinski definition) is 3. The van der Waals surface area contributed by atoms with Gasteiger partial charge in [0.25, 0.3) is 5.91 Å². The lowest BCUT2D eigenvalue weighted by Crippen LogP contribution is -2.29. The quantitative estimate of drug-likeness (QED) is 0.258. The minimum Gasteiger partial charge on any atom is -0.399 e. The van der Waals surface area contributed by atoms with Gasteiger partial charge in [-0.1, -0.05) is 11.6 Å². The van der Waals surface area contributed by atoms with Crippen molar-refractivity contribution >= 4 is 23.2 Å². The van der Waals surface area contributed by atoms with Crippen LogP contribution in [0.15, 0.2) is 18.2 Å². The number of hydrogen-bond acceptors (Lipinski definition) is 3. The fourth-order valence-corrected chi connectivity index (χ4v) is 1.07. The molecule has 64 valence electrons. The van der Waals surface area contributed by atoms with Crippen molar-refractivity contribution in [2.45, 2.75) is 0 Å². The summed E-state index contributed by atoms with van der Waals surface area (Å²) in [6, 6.07) is 4.53. The van der Waals surface area contributed by atoms with E-state index < -0.39 is 5.91 Å². The van der Waals surface area contributed by atoms with Crippen LogP contribution in [0.5, 0.6) is 0 Å². The highest BCUT2D eigenvalue weighted by Crippen LogP contribution is 2.16. The maximum Gasteiger partial charge on any atom is 0.265 e. The summed E-state index contributed by atoms with van der Waals surface area (Å²) in [7, 11) is 0. The minimum atomic E-state index is -0.413. The monoisotopic (exact) mass is 185 g/mol. The van der Waals surface area contributed by atoms with Crippen LogP contribution in [0.1, 0.15) is 10.4 Å². The van der Waals surface area contributed by atoms with Crippen LogP contribution >= 0.6 is 11.6 Å². The molecular formula is C7H8ClN3O. The molecule has 12 heavy (non-hydrogen) atoms. The molecule has 1 rings (SSSR count). The summed E-state index contributed by atoms with van der Waals surface area (Å²) in [6.07, 6.45) is 0. The molecule has 0 bridgehead atoms. The second kappa shape index (κ2) is 3.42. The van der Waals surface area contributed by atoms with E-state index >= 15 is 0 Å². The van der Waals surface area contributed by atoms with Crippen molar-refractivity contribution in [2.75, 3.05) is 5.73 Å². The van der Waals surface area contributed by atoms with Gasteiger partial charge in [-0.15, -0.1) is 0 Å². The Hall–Kier alpha value is -1.26. The molecule has 1 aromatic rings. The van der Waals surface area contributed by atoms with Crippen LogP contribution in [0.4, 0.5) is 5.69 Å². The molecule has 0 atom stereocenters. The Morgan fingerprint density at radius 2 is 2.08 bits per heavy atom. The Morgan fingerprint density at radius 1 is 1.42 bits per heavy atom. The van der Waals surface area contributed by atoms with E-state index in [1.54, 1.807) is 6.07 Å². The number of carbonyl (C=O) groups excluding carboxylic acids is 1. The molecule has 5 N–H and O–H groups in total. The van der Waals surface area contributed by atoms with Crippen LogP contribution in [0.25, 0.3) is 0 Å². The molecule has 0 spiro atoms. The molecule has 4 nitrogen and oxygen atoms in total. The van der Waals surface area contributed by atoms with Crippen LogP contribution in [0.3, 0.4) is 0 Å². The van der Waals surface area contributed by atoms with Crippen molar-refractivity contribution in [1.29, 1.82) is 0 Å². The van der Waals surface area contributed by atoms with E-state index in [1.807, 2.05) is 5.43 Å². The van der Waals surface area contributed by atoms with Crippen molar-refractivity contribution < 1.29 is 4.79 Å². The molecule has 0 aliphatic carbocycles. The van der Waals surface area contributed by atoms with Crippen molar-refractivity contribution in [2.24, 2.45) is 5.84 Å². The van der Waals surface area contributed by atoms with Gasteiger partial charge in [0, 0.05) is 16.3 Å². The summed E-state index contributed by atoms with van der Waals surface area (Å²) < 4.78 is 0. The topological polar surface area (TPSA) is 81.1 Å². The summed E-state index contributed by atoms with van der Waals surface area (Å²) in [6.45, 7) is 0. The Kier molecular flexibility index (Phi) is 2.52. The fraction of sp³-hybridized carbons (Fsp3) is 0. The van der Waals surface area contributed by atoms with Gasteiger partial charge in [0.15, 0.2) is 0 Å². The molecular weight excluding hydrogens is 178 g/mol. The maximum absolute atomic E-state index is 11.0. The first kappa shape index (κ1) is 8.83. The maximum atomic E-state index is 11.0. The third kappa shape index (κ3) is 1.87. The van der Waals surface area contributed by atoms with Gasteiger partial charge in [0.1, 0.15) is 0 Å².